The Morgan fingerprint density at radius 2 is 2.29 bits per heavy atom. The molecule has 0 unspecified atom stereocenters. The Morgan fingerprint density at radius 3 is 2.88 bits per heavy atom. The number of ether oxygens (including phenoxy) is 2. The Morgan fingerprint density at radius 1 is 1.50 bits per heavy atom. The molecule has 134 valence electrons. The van der Waals surface area contributed by atoms with Crippen molar-refractivity contribution in [3.63, 3.8) is 0 Å². The van der Waals surface area contributed by atoms with E-state index in [4.69, 9.17) is 4.74 Å². The lowest BCUT2D eigenvalue weighted by Crippen LogP contribution is -2.40. The van der Waals surface area contributed by atoms with Gasteiger partial charge in [-0.25, -0.2) is 4.99 Å². The maximum absolute atomic E-state index is 12.6. The molecule has 1 aliphatic heterocycles. The Hall–Kier alpha value is -2.09. The van der Waals surface area contributed by atoms with Crippen molar-refractivity contribution in [2.24, 2.45) is 4.99 Å². The van der Waals surface area contributed by atoms with Crippen LogP contribution < -0.4 is 14.8 Å². The first-order chi connectivity index (χ1) is 11.5. The smallest absolute Gasteiger partial charge is 0.387 e. The maximum atomic E-state index is 12.6. The SMILES string of the molecule is CCNC(=NCc1ccc(OC)cc1OC(F)F)N1CC[C@@H](O)C1. The van der Waals surface area contributed by atoms with Crippen LogP contribution in [-0.2, 0) is 6.54 Å². The second-order valence-corrected chi connectivity index (χ2v) is 5.41. The molecule has 0 radical (unpaired) electrons. The molecule has 0 saturated carbocycles. The number of halogens is 2. The van der Waals surface area contributed by atoms with E-state index in [0.717, 1.165) is 0 Å². The van der Waals surface area contributed by atoms with Crippen LogP contribution in [-0.4, -0.2) is 55.4 Å². The number of β-amino-alcohol motifs (C(OH)–C–C–N with tert-alkyl or cyclic N) is 1. The van der Waals surface area contributed by atoms with Gasteiger partial charge in [0.25, 0.3) is 0 Å². The molecule has 2 rings (SSSR count). The Kier molecular flexibility index (Phi) is 6.60. The Balaban J connectivity index is 2.17. The molecule has 1 heterocycles. The van der Waals surface area contributed by atoms with Gasteiger partial charge in [0.1, 0.15) is 11.5 Å². The van der Waals surface area contributed by atoms with Crippen LogP contribution in [0.4, 0.5) is 8.78 Å². The van der Waals surface area contributed by atoms with Gasteiger partial charge < -0.3 is 24.8 Å². The van der Waals surface area contributed by atoms with Gasteiger partial charge in [0, 0.05) is 31.3 Å². The van der Waals surface area contributed by atoms with Gasteiger partial charge >= 0.3 is 6.61 Å². The molecule has 0 amide bonds. The molecule has 1 atom stereocenters. The van der Waals surface area contributed by atoms with Crippen LogP contribution in [0, 0.1) is 0 Å². The summed E-state index contributed by atoms with van der Waals surface area (Å²) in [5.41, 5.74) is 0.534. The monoisotopic (exact) mass is 343 g/mol. The first-order valence-corrected chi connectivity index (χ1v) is 7.86. The summed E-state index contributed by atoms with van der Waals surface area (Å²) in [5, 5.41) is 12.8. The minimum absolute atomic E-state index is 0.0467. The molecule has 6 nitrogen and oxygen atoms in total. The number of aliphatic hydroxyl groups excluding tert-OH is 1. The van der Waals surface area contributed by atoms with Crippen LogP contribution in [0.25, 0.3) is 0 Å². The summed E-state index contributed by atoms with van der Waals surface area (Å²) in [6.07, 6.45) is 0.319. The number of guanidine groups is 1. The number of hydrogen-bond acceptors (Lipinski definition) is 4. The number of alkyl halides is 2. The molecule has 2 N–H and O–H groups in total. The minimum atomic E-state index is -2.91. The van der Waals surface area contributed by atoms with E-state index in [1.54, 1.807) is 12.1 Å². The highest BCUT2D eigenvalue weighted by Gasteiger charge is 2.23. The van der Waals surface area contributed by atoms with E-state index in [1.165, 1.54) is 13.2 Å². The first kappa shape index (κ1) is 18.3. The van der Waals surface area contributed by atoms with Gasteiger partial charge in [-0.05, 0) is 25.5 Å². The van der Waals surface area contributed by atoms with E-state index in [2.05, 4.69) is 15.0 Å². The fourth-order valence-corrected chi connectivity index (χ4v) is 2.52. The Labute approximate surface area is 140 Å². The highest BCUT2D eigenvalue weighted by molar-refractivity contribution is 5.80. The van der Waals surface area contributed by atoms with Crippen LogP contribution in [0.5, 0.6) is 11.5 Å². The van der Waals surface area contributed by atoms with Crippen molar-refractivity contribution in [1.82, 2.24) is 10.2 Å². The third-order valence-corrected chi connectivity index (χ3v) is 3.69. The minimum Gasteiger partial charge on any atom is -0.497 e. The molecular weight excluding hydrogens is 320 g/mol. The van der Waals surface area contributed by atoms with Gasteiger partial charge in [-0.1, -0.05) is 0 Å². The van der Waals surface area contributed by atoms with Gasteiger partial charge in [-0.15, -0.1) is 0 Å². The van der Waals surface area contributed by atoms with Crippen LogP contribution in [0.1, 0.15) is 18.9 Å². The fourth-order valence-electron chi connectivity index (χ4n) is 2.52. The van der Waals surface area contributed by atoms with Crippen LogP contribution in [0.2, 0.25) is 0 Å². The number of likely N-dealkylation sites (tertiary alicyclic amines) is 1. The first-order valence-electron chi connectivity index (χ1n) is 7.86. The van der Waals surface area contributed by atoms with Crippen LogP contribution >= 0.6 is 0 Å². The van der Waals surface area contributed by atoms with Crippen molar-refractivity contribution >= 4 is 5.96 Å². The van der Waals surface area contributed by atoms with Crippen LogP contribution in [0.15, 0.2) is 23.2 Å². The van der Waals surface area contributed by atoms with Crippen molar-refractivity contribution in [1.29, 1.82) is 0 Å². The zero-order valence-corrected chi connectivity index (χ0v) is 13.8. The molecule has 1 fully saturated rings. The number of nitrogens with zero attached hydrogens (tertiary/aromatic N) is 2. The van der Waals surface area contributed by atoms with E-state index >= 15 is 0 Å². The highest BCUT2D eigenvalue weighted by Crippen LogP contribution is 2.27. The predicted molar refractivity (Wildman–Crippen MR) is 86.6 cm³/mol. The second kappa shape index (κ2) is 8.68. The van der Waals surface area contributed by atoms with Crippen molar-refractivity contribution < 1.29 is 23.4 Å². The number of rotatable bonds is 6. The molecule has 1 aromatic rings. The quantitative estimate of drug-likeness (QED) is 0.609. The third kappa shape index (κ3) is 4.95. The number of hydrogen-bond donors (Lipinski definition) is 2. The van der Waals surface area contributed by atoms with Gasteiger partial charge in [-0.2, -0.15) is 8.78 Å². The molecule has 8 heteroatoms. The normalized spacial score (nSPS) is 18.2. The van der Waals surface area contributed by atoms with E-state index < -0.39 is 6.61 Å². The number of benzene rings is 1. The lowest BCUT2D eigenvalue weighted by Gasteiger charge is -2.21. The van der Waals surface area contributed by atoms with E-state index in [-0.39, 0.29) is 18.4 Å². The lowest BCUT2D eigenvalue weighted by molar-refractivity contribution is -0.0505. The molecule has 24 heavy (non-hydrogen) atoms. The fraction of sp³-hybridized carbons (Fsp3) is 0.562. The third-order valence-electron chi connectivity index (χ3n) is 3.69. The van der Waals surface area contributed by atoms with E-state index in [1.807, 2.05) is 11.8 Å². The van der Waals surface area contributed by atoms with Crippen molar-refractivity contribution in [2.45, 2.75) is 32.6 Å². The van der Waals surface area contributed by atoms with Gasteiger partial charge in [0.2, 0.25) is 0 Å². The number of aliphatic imine (C=N–C) groups is 1. The summed E-state index contributed by atoms with van der Waals surface area (Å²) in [4.78, 5) is 6.43. The molecular formula is C16H23F2N3O3. The van der Waals surface area contributed by atoms with Crippen molar-refractivity contribution in [3.05, 3.63) is 23.8 Å². The summed E-state index contributed by atoms with van der Waals surface area (Å²) in [6.45, 7) is 1.10. The predicted octanol–water partition coefficient (Wildman–Crippen LogP) is 1.83. The van der Waals surface area contributed by atoms with Gasteiger partial charge in [0.15, 0.2) is 5.96 Å². The number of aliphatic hydroxyl groups is 1. The number of nitrogens with one attached hydrogen (secondary N) is 1. The molecule has 1 aliphatic rings. The second-order valence-electron chi connectivity index (χ2n) is 5.41. The molecule has 0 aliphatic carbocycles. The standard InChI is InChI=1S/C16H23F2N3O3/c1-3-19-16(21-7-6-12(22)10-21)20-9-11-4-5-13(23-2)8-14(11)24-15(17)18/h4-5,8,12,15,22H,3,6-7,9-10H2,1-2H3,(H,19,20)/t12-/m1/s1. The number of methoxy groups -OCH3 is 1. The van der Waals surface area contributed by atoms with E-state index in [9.17, 15) is 13.9 Å². The van der Waals surface area contributed by atoms with Crippen LogP contribution in [0.3, 0.4) is 0 Å². The molecule has 1 aromatic carbocycles. The van der Waals surface area contributed by atoms with Crippen molar-refractivity contribution in [3.8, 4) is 11.5 Å². The Bertz CT molecular complexity index is 569. The summed E-state index contributed by atoms with van der Waals surface area (Å²) >= 11 is 0. The molecule has 0 spiro atoms. The topological polar surface area (TPSA) is 66.3 Å². The molecule has 1 saturated heterocycles. The zero-order valence-electron chi connectivity index (χ0n) is 13.8. The van der Waals surface area contributed by atoms with Crippen molar-refractivity contribution in [2.75, 3.05) is 26.7 Å². The summed E-state index contributed by atoms with van der Waals surface area (Å²) in [6, 6.07) is 4.75. The van der Waals surface area contributed by atoms with Gasteiger partial charge in [0.05, 0.1) is 19.8 Å². The summed E-state index contributed by atoms with van der Waals surface area (Å²) < 4.78 is 34.8. The highest BCUT2D eigenvalue weighted by atomic mass is 19.3. The molecule has 0 bridgehead atoms. The average molecular weight is 343 g/mol. The zero-order chi connectivity index (χ0) is 17.5. The lowest BCUT2D eigenvalue weighted by atomic mass is 10.2. The summed E-state index contributed by atoms with van der Waals surface area (Å²) in [5.74, 6) is 1.13. The average Bonchev–Trinajstić information content (AvgIpc) is 2.98. The molecule has 0 aromatic heterocycles. The summed E-state index contributed by atoms with van der Waals surface area (Å²) in [7, 11) is 1.46. The van der Waals surface area contributed by atoms with Gasteiger partial charge in [-0.3, -0.25) is 0 Å². The largest absolute Gasteiger partial charge is 0.497 e. The maximum Gasteiger partial charge on any atom is 0.387 e. The van der Waals surface area contributed by atoms with E-state index in [0.29, 0.717) is 43.3 Å².